The zero-order valence-corrected chi connectivity index (χ0v) is 9.41. The van der Waals surface area contributed by atoms with E-state index in [-0.39, 0.29) is 18.0 Å². The summed E-state index contributed by atoms with van der Waals surface area (Å²) in [7, 11) is 0. The molecule has 0 saturated heterocycles. The summed E-state index contributed by atoms with van der Waals surface area (Å²) in [6, 6.07) is 10.8. The lowest BCUT2D eigenvalue weighted by Crippen LogP contribution is -2.22. The number of para-hydroxylation sites is 1. The number of ether oxygens (including phenoxy) is 1. The summed E-state index contributed by atoms with van der Waals surface area (Å²) in [6.07, 6.45) is 1.25. The molecule has 0 unspecified atom stereocenters. The van der Waals surface area contributed by atoms with Gasteiger partial charge in [0.1, 0.15) is 23.2 Å². The van der Waals surface area contributed by atoms with Crippen LogP contribution in [-0.2, 0) is 0 Å². The highest BCUT2D eigenvalue weighted by Crippen LogP contribution is 2.11. The topological polar surface area (TPSA) is 93.9 Å². The molecule has 0 amide bonds. The van der Waals surface area contributed by atoms with Crippen LogP contribution in [0.15, 0.2) is 36.5 Å². The number of nitrogens with two attached hydrogens (primary N) is 1. The van der Waals surface area contributed by atoms with E-state index < -0.39 is 5.91 Å². The summed E-state index contributed by atoms with van der Waals surface area (Å²) >= 11 is 0. The molecular formula is C12H10N4O2. The molecule has 2 aromatic rings. The minimum atomic E-state index is -0.433. The molecule has 6 nitrogen and oxygen atoms in total. The average Bonchev–Trinajstić information content (AvgIpc) is 2.78. The van der Waals surface area contributed by atoms with Crippen molar-refractivity contribution in [3.8, 4) is 11.8 Å². The lowest BCUT2D eigenvalue weighted by atomic mass is 10.3. The van der Waals surface area contributed by atoms with E-state index in [2.05, 4.69) is 5.10 Å². The molecule has 0 aliphatic rings. The van der Waals surface area contributed by atoms with E-state index in [1.165, 1.54) is 6.20 Å². The van der Waals surface area contributed by atoms with E-state index in [0.717, 1.165) is 4.68 Å². The maximum Gasteiger partial charge on any atom is 0.286 e. The molecule has 0 spiro atoms. The van der Waals surface area contributed by atoms with Crippen molar-refractivity contribution in [3.05, 3.63) is 42.1 Å². The number of rotatable bonds is 3. The molecule has 0 radical (unpaired) electrons. The van der Waals surface area contributed by atoms with E-state index in [1.54, 1.807) is 24.3 Å². The Morgan fingerprint density at radius 1 is 1.44 bits per heavy atom. The molecule has 18 heavy (non-hydrogen) atoms. The molecule has 1 heterocycles. The van der Waals surface area contributed by atoms with Crippen LogP contribution in [0.4, 0.5) is 5.82 Å². The molecule has 0 saturated carbocycles. The fraction of sp³-hybridized carbons (Fsp3) is 0.0833. The molecule has 1 aromatic carbocycles. The van der Waals surface area contributed by atoms with E-state index in [0.29, 0.717) is 5.75 Å². The van der Waals surface area contributed by atoms with Gasteiger partial charge in [0.05, 0.1) is 6.20 Å². The van der Waals surface area contributed by atoms with Gasteiger partial charge in [-0.25, -0.2) is 0 Å². The van der Waals surface area contributed by atoms with Crippen LogP contribution in [0, 0.1) is 11.3 Å². The number of nitrogens with zero attached hydrogens (tertiary/aromatic N) is 3. The number of carbonyl (C=O) groups is 1. The van der Waals surface area contributed by atoms with Gasteiger partial charge in [-0.3, -0.25) is 4.79 Å². The minimum Gasteiger partial charge on any atom is -0.484 e. The molecule has 2 N–H and O–H groups in total. The molecule has 0 aliphatic heterocycles. The normalized spacial score (nSPS) is 9.72. The van der Waals surface area contributed by atoms with Crippen LogP contribution < -0.4 is 10.5 Å². The third-order valence-electron chi connectivity index (χ3n) is 2.27. The largest absolute Gasteiger partial charge is 0.484 e. The number of hydrogen-bond donors (Lipinski definition) is 1. The van der Waals surface area contributed by atoms with Crippen molar-refractivity contribution in [1.82, 2.24) is 9.78 Å². The number of carbonyl (C=O) groups excluding carboxylic acids is 1. The van der Waals surface area contributed by atoms with E-state index >= 15 is 0 Å². The molecular weight excluding hydrogens is 232 g/mol. The molecule has 0 atom stereocenters. The Morgan fingerprint density at radius 2 is 2.17 bits per heavy atom. The fourth-order valence-electron chi connectivity index (χ4n) is 1.37. The van der Waals surface area contributed by atoms with E-state index in [9.17, 15) is 4.79 Å². The number of benzene rings is 1. The van der Waals surface area contributed by atoms with Crippen LogP contribution in [0.5, 0.6) is 5.75 Å². The summed E-state index contributed by atoms with van der Waals surface area (Å²) in [5, 5.41) is 12.4. The molecule has 0 aliphatic carbocycles. The summed E-state index contributed by atoms with van der Waals surface area (Å²) in [6.45, 7) is -0.194. The second kappa shape index (κ2) is 5.01. The monoisotopic (exact) mass is 242 g/mol. The van der Waals surface area contributed by atoms with E-state index in [1.807, 2.05) is 12.1 Å². The highest BCUT2D eigenvalue weighted by atomic mass is 16.5. The van der Waals surface area contributed by atoms with Crippen LogP contribution in [0.2, 0.25) is 0 Å². The van der Waals surface area contributed by atoms with Crippen molar-refractivity contribution in [3.63, 3.8) is 0 Å². The molecule has 0 bridgehead atoms. The first kappa shape index (κ1) is 11.7. The standard InChI is InChI=1S/C12H10N4O2/c13-6-9-7-15-16(12(9)14)11(17)8-18-10-4-2-1-3-5-10/h1-5,7H,8,14H2. The van der Waals surface area contributed by atoms with Gasteiger partial charge in [0.15, 0.2) is 6.61 Å². The SMILES string of the molecule is N#Cc1cnn(C(=O)COc2ccccc2)c1N. The van der Waals surface area contributed by atoms with Crippen LogP contribution >= 0.6 is 0 Å². The maximum atomic E-state index is 11.8. The van der Waals surface area contributed by atoms with Crippen molar-refractivity contribution in [2.75, 3.05) is 12.3 Å². The zero-order chi connectivity index (χ0) is 13.0. The predicted octanol–water partition coefficient (Wildman–Crippen LogP) is 1.06. The smallest absolute Gasteiger partial charge is 0.286 e. The minimum absolute atomic E-state index is 0.0270. The van der Waals surface area contributed by atoms with Gasteiger partial charge in [-0.15, -0.1) is 0 Å². The van der Waals surface area contributed by atoms with Crippen LogP contribution in [-0.4, -0.2) is 22.3 Å². The summed E-state index contributed by atoms with van der Waals surface area (Å²) in [5.74, 6) is 0.175. The number of anilines is 1. The molecule has 6 heteroatoms. The second-order valence-electron chi connectivity index (χ2n) is 3.46. The van der Waals surface area contributed by atoms with Gasteiger partial charge in [0.25, 0.3) is 5.91 Å². The predicted molar refractivity (Wildman–Crippen MR) is 63.9 cm³/mol. The van der Waals surface area contributed by atoms with Crippen molar-refractivity contribution in [2.45, 2.75) is 0 Å². The van der Waals surface area contributed by atoms with E-state index in [4.69, 9.17) is 15.7 Å². The first-order chi connectivity index (χ1) is 8.72. The van der Waals surface area contributed by atoms with Gasteiger partial charge in [-0.05, 0) is 12.1 Å². The zero-order valence-electron chi connectivity index (χ0n) is 9.41. The highest BCUT2D eigenvalue weighted by molar-refractivity contribution is 5.83. The van der Waals surface area contributed by atoms with Crippen molar-refractivity contribution < 1.29 is 9.53 Å². The van der Waals surface area contributed by atoms with Gasteiger partial charge in [-0.2, -0.15) is 15.0 Å². The molecule has 1 aromatic heterocycles. The maximum absolute atomic E-state index is 11.8. The van der Waals surface area contributed by atoms with Gasteiger partial charge in [0, 0.05) is 0 Å². The summed E-state index contributed by atoms with van der Waals surface area (Å²) < 4.78 is 6.23. The van der Waals surface area contributed by atoms with Crippen molar-refractivity contribution in [2.24, 2.45) is 0 Å². The van der Waals surface area contributed by atoms with Gasteiger partial charge in [0.2, 0.25) is 0 Å². The number of nitriles is 1. The summed E-state index contributed by atoms with van der Waals surface area (Å²) in [4.78, 5) is 11.8. The van der Waals surface area contributed by atoms with Crippen LogP contribution in [0.25, 0.3) is 0 Å². The molecule has 0 fully saturated rings. The third-order valence-corrected chi connectivity index (χ3v) is 2.27. The molecule has 2 rings (SSSR count). The Labute approximate surface area is 103 Å². The van der Waals surface area contributed by atoms with Gasteiger partial charge in [-0.1, -0.05) is 18.2 Å². The average molecular weight is 242 g/mol. The first-order valence-corrected chi connectivity index (χ1v) is 5.17. The highest BCUT2D eigenvalue weighted by Gasteiger charge is 2.13. The number of nitrogen functional groups attached to an aromatic ring is 1. The van der Waals surface area contributed by atoms with Gasteiger partial charge < -0.3 is 10.5 Å². The lowest BCUT2D eigenvalue weighted by molar-refractivity contribution is 0.0824. The Kier molecular flexibility index (Phi) is 3.25. The Bertz CT molecular complexity index is 598. The first-order valence-electron chi connectivity index (χ1n) is 5.17. The Morgan fingerprint density at radius 3 is 2.78 bits per heavy atom. The van der Waals surface area contributed by atoms with Crippen molar-refractivity contribution >= 4 is 11.7 Å². The van der Waals surface area contributed by atoms with Crippen LogP contribution in [0.3, 0.4) is 0 Å². The quantitative estimate of drug-likeness (QED) is 0.868. The van der Waals surface area contributed by atoms with Crippen LogP contribution in [0.1, 0.15) is 10.4 Å². The number of aromatic nitrogens is 2. The summed E-state index contributed by atoms with van der Waals surface area (Å²) in [5.41, 5.74) is 5.75. The fourth-order valence-corrected chi connectivity index (χ4v) is 1.37. The Balaban J connectivity index is 2.05. The second-order valence-corrected chi connectivity index (χ2v) is 3.46. The lowest BCUT2D eigenvalue weighted by Gasteiger charge is -2.05. The van der Waals surface area contributed by atoms with Crippen molar-refractivity contribution in [1.29, 1.82) is 5.26 Å². The third kappa shape index (κ3) is 2.30. The Hall–Kier alpha value is -2.81. The van der Waals surface area contributed by atoms with Gasteiger partial charge >= 0.3 is 0 Å². The molecule has 90 valence electrons. The number of hydrogen-bond acceptors (Lipinski definition) is 5.